The Morgan fingerprint density at radius 1 is 1.16 bits per heavy atom. The van der Waals surface area contributed by atoms with Crippen molar-refractivity contribution in [2.45, 2.75) is 32.2 Å². The number of carboxylic acids is 1. The second kappa shape index (κ2) is 7.79. The summed E-state index contributed by atoms with van der Waals surface area (Å²) in [6.07, 6.45) is 2.25. The van der Waals surface area contributed by atoms with Crippen LogP contribution in [0.25, 0.3) is 0 Å². The van der Waals surface area contributed by atoms with E-state index in [4.69, 9.17) is 0 Å². The Labute approximate surface area is 148 Å². The average Bonchev–Trinajstić information content (AvgIpc) is 2.63. The maximum Gasteiger partial charge on any atom is 0.306 e. The standard InChI is InChI=1S/C21H24FNO2/c1-2-15-6-8-16(9-7-15)20(18-4-3-5-19(22)14-18)23-12-10-17(11-13-23)21(24)25/h3-9,14,17,20H,2,10-13H2,1H3,(H,24,25). The Hall–Kier alpha value is -2.20. The number of nitrogens with zero attached hydrogens (tertiary/aromatic N) is 1. The third-order valence-electron chi connectivity index (χ3n) is 5.11. The molecule has 1 aliphatic rings. The summed E-state index contributed by atoms with van der Waals surface area (Å²) in [5.41, 5.74) is 3.31. The number of benzene rings is 2. The lowest BCUT2D eigenvalue weighted by Crippen LogP contribution is -2.39. The van der Waals surface area contributed by atoms with E-state index in [-0.39, 0.29) is 17.8 Å². The Morgan fingerprint density at radius 3 is 2.40 bits per heavy atom. The van der Waals surface area contributed by atoms with E-state index < -0.39 is 5.97 Å². The van der Waals surface area contributed by atoms with Gasteiger partial charge in [-0.3, -0.25) is 9.69 Å². The van der Waals surface area contributed by atoms with Crippen LogP contribution in [-0.2, 0) is 11.2 Å². The Morgan fingerprint density at radius 2 is 1.84 bits per heavy atom. The van der Waals surface area contributed by atoms with Gasteiger partial charge in [-0.15, -0.1) is 0 Å². The molecule has 0 aliphatic carbocycles. The van der Waals surface area contributed by atoms with Gasteiger partial charge in [-0.25, -0.2) is 4.39 Å². The molecule has 1 aliphatic heterocycles. The Balaban J connectivity index is 1.90. The normalized spacial score (nSPS) is 17.4. The van der Waals surface area contributed by atoms with Crippen molar-refractivity contribution in [3.05, 3.63) is 71.0 Å². The van der Waals surface area contributed by atoms with Gasteiger partial charge in [-0.2, -0.15) is 0 Å². The minimum absolute atomic E-state index is 0.0450. The summed E-state index contributed by atoms with van der Waals surface area (Å²) in [5, 5.41) is 9.22. The van der Waals surface area contributed by atoms with Crippen molar-refractivity contribution in [1.29, 1.82) is 0 Å². The summed E-state index contributed by atoms with van der Waals surface area (Å²) in [6, 6.07) is 15.1. The number of hydrogen-bond donors (Lipinski definition) is 1. The molecular weight excluding hydrogens is 317 g/mol. The predicted octanol–water partition coefficient (Wildman–Crippen LogP) is 4.27. The first kappa shape index (κ1) is 17.6. The van der Waals surface area contributed by atoms with Gasteiger partial charge in [0.2, 0.25) is 0 Å². The maximum absolute atomic E-state index is 13.8. The third-order valence-corrected chi connectivity index (χ3v) is 5.11. The molecule has 0 bridgehead atoms. The highest BCUT2D eigenvalue weighted by atomic mass is 19.1. The van der Waals surface area contributed by atoms with E-state index in [1.807, 2.05) is 6.07 Å². The number of hydrogen-bond acceptors (Lipinski definition) is 2. The number of rotatable bonds is 5. The topological polar surface area (TPSA) is 40.5 Å². The van der Waals surface area contributed by atoms with Gasteiger partial charge < -0.3 is 5.11 Å². The van der Waals surface area contributed by atoms with Crippen LogP contribution in [0.2, 0.25) is 0 Å². The molecule has 0 amide bonds. The molecular formula is C21H24FNO2. The first-order valence-electron chi connectivity index (χ1n) is 8.89. The van der Waals surface area contributed by atoms with Crippen LogP contribution < -0.4 is 0 Å². The smallest absolute Gasteiger partial charge is 0.306 e. The summed E-state index contributed by atoms with van der Waals surface area (Å²) in [4.78, 5) is 13.5. The molecule has 2 aromatic carbocycles. The fourth-order valence-electron chi connectivity index (χ4n) is 3.63. The molecule has 1 fully saturated rings. The fraction of sp³-hybridized carbons (Fsp3) is 0.381. The van der Waals surface area contributed by atoms with Crippen molar-refractivity contribution in [3.8, 4) is 0 Å². The van der Waals surface area contributed by atoms with Gasteiger partial charge in [0.05, 0.1) is 12.0 Å². The van der Waals surface area contributed by atoms with Crippen LogP contribution in [0.5, 0.6) is 0 Å². The molecule has 1 atom stereocenters. The predicted molar refractivity (Wildman–Crippen MR) is 96.0 cm³/mol. The van der Waals surface area contributed by atoms with Crippen molar-refractivity contribution in [2.75, 3.05) is 13.1 Å². The number of likely N-dealkylation sites (tertiary alicyclic amines) is 1. The summed E-state index contributed by atoms with van der Waals surface area (Å²) in [6.45, 7) is 3.52. The number of aliphatic carboxylic acids is 1. The zero-order chi connectivity index (χ0) is 17.8. The Bertz CT molecular complexity index is 721. The molecule has 1 heterocycles. The van der Waals surface area contributed by atoms with Crippen molar-refractivity contribution in [2.24, 2.45) is 5.92 Å². The Kier molecular flexibility index (Phi) is 5.49. The van der Waals surface area contributed by atoms with Gasteiger partial charge in [0.15, 0.2) is 0 Å². The van der Waals surface area contributed by atoms with Crippen LogP contribution in [0.15, 0.2) is 48.5 Å². The quantitative estimate of drug-likeness (QED) is 0.883. The lowest BCUT2D eigenvalue weighted by Gasteiger charge is -2.37. The number of carboxylic acid groups (broad SMARTS) is 1. The van der Waals surface area contributed by atoms with Crippen molar-refractivity contribution < 1.29 is 14.3 Å². The monoisotopic (exact) mass is 341 g/mol. The zero-order valence-corrected chi connectivity index (χ0v) is 14.5. The summed E-state index contributed by atoms with van der Waals surface area (Å²) < 4.78 is 13.8. The van der Waals surface area contributed by atoms with Crippen LogP contribution in [-0.4, -0.2) is 29.1 Å². The highest BCUT2D eigenvalue weighted by Crippen LogP contribution is 2.33. The van der Waals surface area contributed by atoms with Gasteiger partial charge >= 0.3 is 5.97 Å². The van der Waals surface area contributed by atoms with E-state index in [2.05, 4.69) is 36.1 Å². The lowest BCUT2D eigenvalue weighted by atomic mass is 9.91. The van der Waals surface area contributed by atoms with Gasteiger partial charge in [0.1, 0.15) is 5.82 Å². The first-order valence-corrected chi connectivity index (χ1v) is 8.89. The van der Waals surface area contributed by atoms with Gasteiger partial charge in [-0.05, 0) is 61.2 Å². The molecule has 2 aromatic rings. The molecule has 1 saturated heterocycles. The highest BCUT2D eigenvalue weighted by Gasteiger charge is 2.30. The largest absolute Gasteiger partial charge is 0.481 e. The number of aryl methyl sites for hydroxylation is 1. The minimum atomic E-state index is -0.714. The van der Waals surface area contributed by atoms with E-state index in [9.17, 15) is 14.3 Å². The van der Waals surface area contributed by atoms with E-state index in [1.165, 1.54) is 11.6 Å². The van der Waals surface area contributed by atoms with Crippen LogP contribution in [0, 0.1) is 11.7 Å². The van der Waals surface area contributed by atoms with E-state index >= 15 is 0 Å². The molecule has 25 heavy (non-hydrogen) atoms. The molecule has 0 spiro atoms. The molecule has 3 nitrogen and oxygen atoms in total. The minimum Gasteiger partial charge on any atom is -0.481 e. The number of halogens is 1. The molecule has 1 N–H and O–H groups in total. The van der Waals surface area contributed by atoms with E-state index in [0.717, 1.165) is 17.5 Å². The van der Waals surface area contributed by atoms with Crippen LogP contribution in [0.3, 0.4) is 0 Å². The molecule has 4 heteroatoms. The van der Waals surface area contributed by atoms with Gasteiger partial charge in [0, 0.05) is 0 Å². The fourth-order valence-corrected chi connectivity index (χ4v) is 3.63. The van der Waals surface area contributed by atoms with Gasteiger partial charge in [0.25, 0.3) is 0 Å². The molecule has 0 radical (unpaired) electrons. The van der Waals surface area contributed by atoms with E-state index in [1.54, 1.807) is 12.1 Å². The van der Waals surface area contributed by atoms with Crippen molar-refractivity contribution in [1.82, 2.24) is 4.90 Å². The molecule has 0 saturated carbocycles. The second-order valence-corrected chi connectivity index (χ2v) is 6.70. The van der Waals surface area contributed by atoms with Crippen LogP contribution >= 0.6 is 0 Å². The second-order valence-electron chi connectivity index (χ2n) is 6.70. The first-order chi connectivity index (χ1) is 12.1. The summed E-state index contributed by atoms with van der Waals surface area (Å²) in [5.74, 6) is -1.23. The molecule has 132 valence electrons. The summed E-state index contributed by atoms with van der Waals surface area (Å²) >= 11 is 0. The molecule has 1 unspecified atom stereocenters. The van der Waals surface area contributed by atoms with Crippen molar-refractivity contribution >= 4 is 5.97 Å². The number of piperidine rings is 1. The third kappa shape index (κ3) is 4.07. The van der Waals surface area contributed by atoms with Crippen molar-refractivity contribution in [3.63, 3.8) is 0 Å². The van der Waals surface area contributed by atoms with Gasteiger partial charge in [-0.1, -0.05) is 43.3 Å². The SMILES string of the molecule is CCc1ccc(C(c2cccc(F)c2)N2CCC(C(=O)O)CC2)cc1. The number of carbonyl (C=O) groups is 1. The molecule has 0 aromatic heterocycles. The maximum atomic E-state index is 13.8. The molecule has 3 rings (SSSR count). The van der Waals surface area contributed by atoms with Crippen LogP contribution in [0.1, 0.15) is 42.5 Å². The average molecular weight is 341 g/mol. The zero-order valence-electron chi connectivity index (χ0n) is 14.5. The highest BCUT2D eigenvalue weighted by molar-refractivity contribution is 5.70. The summed E-state index contributed by atoms with van der Waals surface area (Å²) in [7, 11) is 0. The van der Waals surface area contributed by atoms with E-state index in [0.29, 0.717) is 25.9 Å². The lowest BCUT2D eigenvalue weighted by molar-refractivity contribution is -0.143. The van der Waals surface area contributed by atoms with Crippen LogP contribution in [0.4, 0.5) is 4.39 Å².